The molecule has 26 heavy (non-hydrogen) atoms. The number of piperazine rings is 1. The zero-order valence-electron chi connectivity index (χ0n) is 14.4. The summed E-state index contributed by atoms with van der Waals surface area (Å²) in [6.45, 7) is 3.97. The van der Waals surface area contributed by atoms with E-state index < -0.39 is 11.8 Å². The summed E-state index contributed by atoms with van der Waals surface area (Å²) in [5.74, 6) is -1.42. The Morgan fingerprint density at radius 2 is 1.81 bits per heavy atom. The number of aromatic hydroxyl groups is 1. The van der Waals surface area contributed by atoms with E-state index in [0.717, 1.165) is 11.3 Å². The summed E-state index contributed by atoms with van der Waals surface area (Å²) >= 11 is 6.02. The molecule has 0 unspecified atom stereocenters. The number of hydrogen-bond acceptors (Lipinski definition) is 4. The highest BCUT2D eigenvalue weighted by Crippen LogP contribution is 2.24. The number of phenols is 1. The van der Waals surface area contributed by atoms with Crippen LogP contribution in [0.4, 0.5) is 11.4 Å². The Kier molecular flexibility index (Phi) is 5.32. The lowest BCUT2D eigenvalue weighted by molar-refractivity contribution is -0.143. The summed E-state index contributed by atoms with van der Waals surface area (Å²) in [6.07, 6.45) is 0. The highest BCUT2D eigenvalue weighted by Gasteiger charge is 2.26. The number of amides is 2. The van der Waals surface area contributed by atoms with Crippen LogP contribution in [0.25, 0.3) is 0 Å². The Morgan fingerprint density at radius 3 is 2.50 bits per heavy atom. The molecule has 0 aromatic heterocycles. The van der Waals surface area contributed by atoms with Gasteiger partial charge in [0.05, 0.1) is 5.69 Å². The Bertz CT molecular complexity index is 833. The maximum Gasteiger partial charge on any atom is 0.314 e. The smallest absolute Gasteiger partial charge is 0.314 e. The van der Waals surface area contributed by atoms with Gasteiger partial charge in [0, 0.05) is 36.9 Å². The number of halogens is 1. The van der Waals surface area contributed by atoms with Gasteiger partial charge >= 0.3 is 11.8 Å². The van der Waals surface area contributed by atoms with Gasteiger partial charge in [-0.05, 0) is 42.8 Å². The van der Waals surface area contributed by atoms with E-state index >= 15 is 0 Å². The Labute approximate surface area is 157 Å². The number of aryl methyl sites for hydroxylation is 1. The molecule has 0 bridgehead atoms. The molecule has 2 N–H and O–H groups in total. The molecule has 0 atom stereocenters. The molecule has 1 aliphatic rings. The van der Waals surface area contributed by atoms with Gasteiger partial charge in [-0.15, -0.1) is 0 Å². The van der Waals surface area contributed by atoms with E-state index in [1.165, 1.54) is 11.0 Å². The summed E-state index contributed by atoms with van der Waals surface area (Å²) in [7, 11) is 0. The predicted octanol–water partition coefficient (Wildman–Crippen LogP) is 2.64. The van der Waals surface area contributed by atoms with Gasteiger partial charge in [0.15, 0.2) is 0 Å². The second-order valence-corrected chi connectivity index (χ2v) is 6.67. The van der Waals surface area contributed by atoms with Crippen LogP contribution in [0.5, 0.6) is 5.75 Å². The minimum atomic E-state index is -0.748. The molecule has 7 heteroatoms. The van der Waals surface area contributed by atoms with Crippen molar-refractivity contribution in [2.24, 2.45) is 0 Å². The summed E-state index contributed by atoms with van der Waals surface area (Å²) in [5.41, 5.74) is 2.11. The fraction of sp³-hybridized carbons (Fsp3) is 0.263. The van der Waals surface area contributed by atoms with Crippen LogP contribution in [0.3, 0.4) is 0 Å². The maximum atomic E-state index is 12.4. The molecule has 1 saturated heterocycles. The molecule has 0 aliphatic carbocycles. The van der Waals surface area contributed by atoms with E-state index in [1.54, 1.807) is 12.1 Å². The molecule has 6 nitrogen and oxygen atoms in total. The van der Waals surface area contributed by atoms with E-state index in [1.807, 2.05) is 31.2 Å². The Hall–Kier alpha value is -2.73. The molecule has 2 amide bonds. The third-order valence-electron chi connectivity index (χ3n) is 4.33. The molecule has 0 spiro atoms. The number of carbonyl (C=O) groups excluding carboxylic acids is 2. The van der Waals surface area contributed by atoms with E-state index in [2.05, 4.69) is 10.2 Å². The fourth-order valence-electron chi connectivity index (χ4n) is 2.91. The average molecular weight is 374 g/mol. The highest BCUT2D eigenvalue weighted by molar-refractivity contribution is 6.39. The van der Waals surface area contributed by atoms with Crippen molar-refractivity contribution in [1.29, 1.82) is 0 Å². The molecule has 0 radical (unpaired) electrons. The minimum Gasteiger partial charge on any atom is -0.506 e. The Balaban J connectivity index is 1.59. The number of nitrogens with one attached hydrogen (secondary N) is 1. The standard InChI is InChI=1S/C19H20ClN3O3/c1-13-5-6-17(24)16(11-13)21-18(25)19(26)23-9-7-22(8-10-23)15-4-2-3-14(20)12-15/h2-6,11-12,24H,7-10H2,1H3,(H,21,25). The largest absolute Gasteiger partial charge is 0.506 e. The molecule has 2 aromatic carbocycles. The zero-order chi connectivity index (χ0) is 18.7. The second kappa shape index (κ2) is 7.66. The Morgan fingerprint density at radius 1 is 1.08 bits per heavy atom. The molecular weight excluding hydrogens is 354 g/mol. The molecule has 3 rings (SSSR count). The summed E-state index contributed by atoms with van der Waals surface area (Å²) in [5, 5.41) is 13.0. The van der Waals surface area contributed by atoms with Crippen molar-refractivity contribution in [2.75, 3.05) is 36.4 Å². The van der Waals surface area contributed by atoms with Gasteiger partial charge in [-0.3, -0.25) is 9.59 Å². The number of anilines is 2. The van der Waals surface area contributed by atoms with Crippen molar-refractivity contribution in [1.82, 2.24) is 4.90 Å². The van der Waals surface area contributed by atoms with Gasteiger partial charge in [0.1, 0.15) is 5.75 Å². The van der Waals surface area contributed by atoms with Gasteiger partial charge in [0.2, 0.25) is 0 Å². The van der Waals surface area contributed by atoms with Crippen molar-refractivity contribution in [2.45, 2.75) is 6.92 Å². The van der Waals surface area contributed by atoms with E-state index in [-0.39, 0.29) is 11.4 Å². The van der Waals surface area contributed by atoms with Crippen molar-refractivity contribution in [3.05, 3.63) is 53.1 Å². The molecule has 0 saturated carbocycles. The number of hydrogen-bond donors (Lipinski definition) is 2. The fourth-order valence-corrected chi connectivity index (χ4v) is 3.09. The number of rotatable bonds is 2. The van der Waals surface area contributed by atoms with Crippen LogP contribution in [-0.2, 0) is 9.59 Å². The van der Waals surface area contributed by atoms with E-state index in [9.17, 15) is 14.7 Å². The molecule has 1 fully saturated rings. The molecular formula is C19H20ClN3O3. The van der Waals surface area contributed by atoms with Crippen LogP contribution >= 0.6 is 11.6 Å². The van der Waals surface area contributed by atoms with Crippen LogP contribution in [0, 0.1) is 6.92 Å². The number of phenolic OH excluding ortho intramolecular Hbond substituents is 1. The first-order valence-corrected chi connectivity index (χ1v) is 8.72. The van der Waals surface area contributed by atoms with Crippen molar-refractivity contribution >= 4 is 34.8 Å². The summed E-state index contributed by atoms with van der Waals surface area (Å²) in [6, 6.07) is 12.4. The normalized spacial score (nSPS) is 14.2. The second-order valence-electron chi connectivity index (χ2n) is 6.23. The number of benzene rings is 2. The van der Waals surface area contributed by atoms with Crippen LogP contribution in [-0.4, -0.2) is 48.0 Å². The lowest BCUT2D eigenvalue weighted by Crippen LogP contribution is -2.51. The van der Waals surface area contributed by atoms with Crippen LogP contribution < -0.4 is 10.2 Å². The van der Waals surface area contributed by atoms with Crippen molar-refractivity contribution in [3.63, 3.8) is 0 Å². The molecule has 1 aliphatic heterocycles. The lowest BCUT2D eigenvalue weighted by Gasteiger charge is -2.35. The summed E-state index contributed by atoms with van der Waals surface area (Å²) in [4.78, 5) is 28.3. The third-order valence-corrected chi connectivity index (χ3v) is 4.57. The van der Waals surface area contributed by atoms with Crippen molar-refractivity contribution in [3.8, 4) is 5.75 Å². The van der Waals surface area contributed by atoms with Crippen LogP contribution in [0.15, 0.2) is 42.5 Å². The zero-order valence-corrected chi connectivity index (χ0v) is 15.2. The van der Waals surface area contributed by atoms with Crippen LogP contribution in [0.1, 0.15) is 5.56 Å². The van der Waals surface area contributed by atoms with Gasteiger partial charge in [-0.1, -0.05) is 23.7 Å². The highest BCUT2D eigenvalue weighted by atomic mass is 35.5. The number of nitrogens with zero attached hydrogens (tertiary/aromatic N) is 2. The first-order chi connectivity index (χ1) is 12.4. The maximum absolute atomic E-state index is 12.4. The quantitative estimate of drug-likeness (QED) is 0.627. The summed E-state index contributed by atoms with van der Waals surface area (Å²) < 4.78 is 0. The van der Waals surface area contributed by atoms with E-state index in [0.29, 0.717) is 31.2 Å². The van der Waals surface area contributed by atoms with Crippen LogP contribution in [0.2, 0.25) is 5.02 Å². The molecule has 2 aromatic rings. The topological polar surface area (TPSA) is 72.9 Å². The first kappa shape index (κ1) is 18.1. The van der Waals surface area contributed by atoms with Gasteiger partial charge in [-0.25, -0.2) is 0 Å². The third kappa shape index (κ3) is 4.08. The van der Waals surface area contributed by atoms with Gasteiger partial charge < -0.3 is 20.2 Å². The predicted molar refractivity (Wildman–Crippen MR) is 102 cm³/mol. The minimum absolute atomic E-state index is 0.0671. The average Bonchev–Trinajstić information content (AvgIpc) is 2.64. The monoisotopic (exact) mass is 373 g/mol. The molecule has 136 valence electrons. The van der Waals surface area contributed by atoms with Gasteiger partial charge in [0.25, 0.3) is 0 Å². The SMILES string of the molecule is Cc1ccc(O)c(NC(=O)C(=O)N2CCN(c3cccc(Cl)c3)CC2)c1. The molecule has 1 heterocycles. The number of carbonyl (C=O) groups is 2. The van der Waals surface area contributed by atoms with Gasteiger partial charge in [-0.2, -0.15) is 0 Å². The van der Waals surface area contributed by atoms with E-state index in [4.69, 9.17) is 11.6 Å². The first-order valence-electron chi connectivity index (χ1n) is 8.34. The van der Waals surface area contributed by atoms with Crippen molar-refractivity contribution < 1.29 is 14.7 Å². The lowest BCUT2D eigenvalue weighted by atomic mass is 10.2.